The Bertz CT molecular complexity index is 593. The van der Waals surface area contributed by atoms with Gasteiger partial charge in [-0.05, 0) is 43.0 Å². The fraction of sp³-hybridized carbons (Fsp3) is 0.500. The molecule has 0 bridgehead atoms. The van der Waals surface area contributed by atoms with Crippen molar-refractivity contribution in [3.63, 3.8) is 0 Å². The zero-order valence-electron chi connectivity index (χ0n) is 13.9. The van der Waals surface area contributed by atoms with Crippen LogP contribution < -0.4 is 9.80 Å². The average molecular weight is 311 g/mol. The number of rotatable bonds is 5. The molecule has 3 heterocycles. The van der Waals surface area contributed by atoms with Gasteiger partial charge >= 0.3 is 0 Å². The van der Waals surface area contributed by atoms with Crippen molar-refractivity contribution in [1.82, 2.24) is 15.0 Å². The predicted octanol–water partition coefficient (Wildman–Crippen LogP) is 2.93. The molecule has 1 saturated heterocycles. The van der Waals surface area contributed by atoms with E-state index in [0.29, 0.717) is 0 Å². The third kappa shape index (κ3) is 4.41. The summed E-state index contributed by atoms with van der Waals surface area (Å²) in [5.74, 6) is 1.87. The Hall–Kier alpha value is -2.17. The van der Waals surface area contributed by atoms with Crippen LogP contribution in [0.15, 0.2) is 36.8 Å². The Balaban J connectivity index is 1.63. The van der Waals surface area contributed by atoms with Gasteiger partial charge in [-0.25, -0.2) is 4.98 Å². The number of hydrogen-bond acceptors (Lipinski definition) is 5. The van der Waals surface area contributed by atoms with Crippen LogP contribution in [0, 0.1) is 0 Å². The summed E-state index contributed by atoms with van der Waals surface area (Å²) in [4.78, 5) is 17.8. The molecule has 23 heavy (non-hydrogen) atoms. The van der Waals surface area contributed by atoms with Gasteiger partial charge in [-0.1, -0.05) is 12.8 Å². The topological polar surface area (TPSA) is 45.2 Å². The van der Waals surface area contributed by atoms with Gasteiger partial charge in [-0.3, -0.25) is 4.98 Å². The van der Waals surface area contributed by atoms with E-state index in [2.05, 4.69) is 38.9 Å². The second-order valence-corrected chi connectivity index (χ2v) is 6.14. The van der Waals surface area contributed by atoms with Gasteiger partial charge in [-0.15, -0.1) is 0 Å². The Morgan fingerprint density at radius 1 is 1.00 bits per heavy atom. The van der Waals surface area contributed by atoms with Crippen molar-refractivity contribution < 1.29 is 0 Å². The normalized spacial score (nSPS) is 15.3. The van der Waals surface area contributed by atoms with Crippen LogP contribution in [0.25, 0.3) is 0 Å². The van der Waals surface area contributed by atoms with Crippen molar-refractivity contribution in [1.29, 1.82) is 0 Å². The SMILES string of the molecule is CN(CCc1ccncc1)c1nccc(N2CCCCCC2)n1. The summed E-state index contributed by atoms with van der Waals surface area (Å²) in [6.07, 6.45) is 11.7. The summed E-state index contributed by atoms with van der Waals surface area (Å²) in [5.41, 5.74) is 1.29. The molecule has 0 radical (unpaired) electrons. The Morgan fingerprint density at radius 2 is 1.74 bits per heavy atom. The van der Waals surface area contributed by atoms with Crippen molar-refractivity contribution >= 4 is 11.8 Å². The first kappa shape index (κ1) is 15.7. The summed E-state index contributed by atoms with van der Waals surface area (Å²) < 4.78 is 0. The number of aromatic nitrogens is 3. The van der Waals surface area contributed by atoms with Crippen LogP contribution in [-0.2, 0) is 6.42 Å². The van der Waals surface area contributed by atoms with E-state index < -0.39 is 0 Å². The molecule has 0 N–H and O–H groups in total. The Kier molecular flexibility index (Phi) is 5.40. The Labute approximate surface area is 138 Å². The smallest absolute Gasteiger partial charge is 0.227 e. The lowest BCUT2D eigenvalue weighted by Crippen LogP contribution is -2.27. The lowest BCUT2D eigenvalue weighted by Gasteiger charge is -2.23. The van der Waals surface area contributed by atoms with Crippen molar-refractivity contribution in [2.24, 2.45) is 0 Å². The minimum absolute atomic E-state index is 0.806. The summed E-state index contributed by atoms with van der Waals surface area (Å²) in [5, 5.41) is 0. The predicted molar refractivity (Wildman–Crippen MR) is 93.9 cm³/mol. The van der Waals surface area contributed by atoms with E-state index in [9.17, 15) is 0 Å². The van der Waals surface area contributed by atoms with E-state index in [0.717, 1.165) is 37.8 Å². The summed E-state index contributed by atoms with van der Waals surface area (Å²) in [6, 6.07) is 6.15. The fourth-order valence-electron chi connectivity index (χ4n) is 2.95. The minimum Gasteiger partial charge on any atom is -0.356 e. The van der Waals surface area contributed by atoms with Crippen molar-refractivity contribution in [2.75, 3.05) is 36.5 Å². The van der Waals surface area contributed by atoms with Crippen LogP contribution in [0.5, 0.6) is 0 Å². The van der Waals surface area contributed by atoms with Gasteiger partial charge in [0.1, 0.15) is 5.82 Å². The minimum atomic E-state index is 0.806. The highest BCUT2D eigenvalue weighted by Crippen LogP contribution is 2.19. The molecule has 0 atom stereocenters. The standard InChI is InChI=1S/C18H25N5/c1-22(15-9-16-6-10-19-11-7-16)18-20-12-8-17(21-18)23-13-4-2-3-5-14-23/h6-8,10-12H,2-5,9,13-15H2,1H3. The monoisotopic (exact) mass is 311 g/mol. The third-order valence-corrected chi connectivity index (χ3v) is 4.38. The molecule has 0 spiro atoms. The molecule has 2 aromatic heterocycles. The number of likely N-dealkylation sites (N-methyl/N-ethyl adjacent to an activating group) is 1. The van der Waals surface area contributed by atoms with E-state index in [1.807, 2.05) is 24.7 Å². The first-order valence-corrected chi connectivity index (χ1v) is 8.51. The van der Waals surface area contributed by atoms with E-state index in [1.54, 1.807) is 0 Å². The number of anilines is 2. The molecule has 5 nitrogen and oxygen atoms in total. The quantitative estimate of drug-likeness (QED) is 0.849. The first-order chi connectivity index (χ1) is 11.3. The molecule has 0 amide bonds. The maximum absolute atomic E-state index is 4.78. The van der Waals surface area contributed by atoms with E-state index in [4.69, 9.17) is 4.98 Å². The third-order valence-electron chi connectivity index (χ3n) is 4.38. The number of nitrogens with zero attached hydrogens (tertiary/aromatic N) is 5. The van der Waals surface area contributed by atoms with Gasteiger partial charge in [0.2, 0.25) is 5.95 Å². The molecular weight excluding hydrogens is 286 g/mol. The molecule has 122 valence electrons. The molecule has 1 aliphatic heterocycles. The molecule has 0 aliphatic carbocycles. The Morgan fingerprint density at radius 3 is 2.48 bits per heavy atom. The lowest BCUT2D eigenvalue weighted by atomic mass is 10.2. The van der Waals surface area contributed by atoms with Gasteiger partial charge in [0, 0.05) is 45.3 Å². The van der Waals surface area contributed by atoms with Crippen LogP contribution >= 0.6 is 0 Å². The molecule has 3 rings (SSSR count). The van der Waals surface area contributed by atoms with E-state index in [1.165, 1.54) is 31.2 Å². The molecule has 1 fully saturated rings. The fourth-order valence-corrected chi connectivity index (χ4v) is 2.95. The number of pyridine rings is 1. The van der Waals surface area contributed by atoms with Gasteiger partial charge in [0.05, 0.1) is 0 Å². The van der Waals surface area contributed by atoms with Gasteiger partial charge in [0.15, 0.2) is 0 Å². The van der Waals surface area contributed by atoms with Gasteiger partial charge < -0.3 is 9.80 Å². The zero-order valence-corrected chi connectivity index (χ0v) is 13.9. The summed E-state index contributed by atoms with van der Waals surface area (Å²) >= 11 is 0. The average Bonchev–Trinajstić information content (AvgIpc) is 2.90. The first-order valence-electron chi connectivity index (χ1n) is 8.51. The maximum Gasteiger partial charge on any atom is 0.227 e. The molecular formula is C18H25N5. The van der Waals surface area contributed by atoms with Crippen LogP contribution in [0.3, 0.4) is 0 Å². The zero-order chi connectivity index (χ0) is 15.9. The highest BCUT2D eigenvalue weighted by atomic mass is 15.3. The van der Waals surface area contributed by atoms with Crippen molar-refractivity contribution in [2.45, 2.75) is 32.1 Å². The second-order valence-electron chi connectivity index (χ2n) is 6.14. The molecule has 1 aliphatic rings. The van der Waals surface area contributed by atoms with Gasteiger partial charge in [-0.2, -0.15) is 4.98 Å². The van der Waals surface area contributed by atoms with Gasteiger partial charge in [0.25, 0.3) is 0 Å². The highest BCUT2D eigenvalue weighted by molar-refractivity contribution is 5.43. The molecule has 0 unspecified atom stereocenters. The highest BCUT2D eigenvalue weighted by Gasteiger charge is 2.13. The molecule has 0 aromatic carbocycles. The summed E-state index contributed by atoms with van der Waals surface area (Å²) in [7, 11) is 2.06. The van der Waals surface area contributed by atoms with Crippen LogP contribution in [0.1, 0.15) is 31.2 Å². The molecule has 2 aromatic rings. The molecule has 5 heteroatoms. The number of hydrogen-bond donors (Lipinski definition) is 0. The second kappa shape index (κ2) is 7.90. The van der Waals surface area contributed by atoms with Crippen molar-refractivity contribution in [3.05, 3.63) is 42.4 Å². The summed E-state index contributed by atoms with van der Waals surface area (Å²) in [6.45, 7) is 3.11. The largest absolute Gasteiger partial charge is 0.356 e. The van der Waals surface area contributed by atoms with Crippen LogP contribution in [-0.4, -0.2) is 41.6 Å². The van der Waals surface area contributed by atoms with E-state index in [-0.39, 0.29) is 0 Å². The lowest BCUT2D eigenvalue weighted by molar-refractivity contribution is 0.726. The maximum atomic E-state index is 4.78. The van der Waals surface area contributed by atoms with Crippen LogP contribution in [0.2, 0.25) is 0 Å². The van der Waals surface area contributed by atoms with Crippen LogP contribution in [0.4, 0.5) is 11.8 Å². The van der Waals surface area contributed by atoms with Crippen molar-refractivity contribution in [3.8, 4) is 0 Å². The molecule has 0 saturated carbocycles. The van der Waals surface area contributed by atoms with E-state index >= 15 is 0 Å².